The van der Waals surface area contributed by atoms with Crippen LogP contribution in [0, 0.1) is 12.7 Å². The molecular weight excluding hydrogens is 413 g/mol. The Labute approximate surface area is 181 Å². The highest BCUT2D eigenvalue weighted by Gasteiger charge is 2.19. The van der Waals surface area contributed by atoms with E-state index in [9.17, 15) is 9.18 Å². The van der Waals surface area contributed by atoms with Gasteiger partial charge >= 0.3 is 0 Å². The van der Waals surface area contributed by atoms with Gasteiger partial charge in [-0.15, -0.1) is 11.3 Å². The maximum absolute atomic E-state index is 14.0. The minimum Gasteiger partial charge on any atom is -0.318 e. The number of nitrogens with zero attached hydrogens (tertiary/aromatic N) is 4. The highest BCUT2D eigenvalue weighted by Crippen LogP contribution is 2.29. The number of benzene rings is 2. The summed E-state index contributed by atoms with van der Waals surface area (Å²) in [6.45, 7) is 1.89. The van der Waals surface area contributed by atoms with Crippen LogP contribution in [-0.4, -0.2) is 25.7 Å². The van der Waals surface area contributed by atoms with Crippen molar-refractivity contribution in [2.75, 3.05) is 5.32 Å². The van der Waals surface area contributed by atoms with Crippen LogP contribution in [0.3, 0.4) is 0 Å². The minimum absolute atomic E-state index is 0.100. The fourth-order valence-electron chi connectivity index (χ4n) is 3.28. The molecule has 0 spiro atoms. The summed E-state index contributed by atoms with van der Waals surface area (Å²) in [5.74, 6) is -0.424. The van der Waals surface area contributed by atoms with E-state index in [1.165, 1.54) is 23.5 Å². The van der Waals surface area contributed by atoms with Gasteiger partial charge in [-0.05, 0) is 49.4 Å². The Kier molecular flexibility index (Phi) is 4.76. The molecule has 2 aromatic carbocycles. The van der Waals surface area contributed by atoms with Crippen molar-refractivity contribution in [2.24, 2.45) is 0 Å². The average Bonchev–Trinajstić information content (AvgIpc) is 3.42. The van der Waals surface area contributed by atoms with Gasteiger partial charge < -0.3 is 5.32 Å². The summed E-state index contributed by atoms with van der Waals surface area (Å²) < 4.78 is 16.6. The highest BCUT2D eigenvalue weighted by atomic mass is 32.1. The van der Waals surface area contributed by atoms with Crippen molar-refractivity contribution >= 4 is 33.1 Å². The number of para-hydroxylation sites is 1. The number of aromatic nitrogens is 4. The van der Waals surface area contributed by atoms with Gasteiger partial charge in [0.2, 0.25) is 0 Å². The Morgan fingerprint density at radius 2 is 1.94 bits per heavy atom. The van der Waals surface area contributed by atoms with Crippen LogP contribution in [0.1, 0.15) is 16.2 Å². The summed E-state index contributed by atoms with van der Waals surface area (Å²) in [5.41, 5.74) is 5.36. The van der Waals surface area contributed by atoms with Gasteiger partial charge in [0.05, 0.1) is 27.1 Å². The lowest BCUT2D eigenvalue weighted by molar-refractivity contribution is 0.102. The first-order valence-corrected chi connectivity index (χ1v) is 10.4. The van der Waals surface area contributed by atoms with E-state index < -0.39 is 11.7 Å². The lowest BCUT2D eigenvalue weighted by Gasteiger charge is -2.07. The predicted molar refractivity (Wildman–Crippen MR) is 119 cm³/mol. The number of amides is 1. The van der Waals surface area contributed by atoms with E-state index in [2.05, 4.69) is 20.4 Å². The van der Waals surface area contributed by atoms with Crippen molar-refractivity contribution in [1.82, 2.24) is 19.7 Å². The van der Waals surface area contributed by atoms with E-state index in [0.29, 0.717) is 11.5 Å². The molecule has 8 heteroatoms. The van der Waals surface area contributed by atoms with E-state index in [0.717, 1.165) is 21.5 Å². The zero-order valence-corrected chi connectivity index (χ0v) is 17.2. The van der Waals surface area contributed by atoms with Gasteiger partial charge in [-0.3, -0.25) is 4.79 Å². The molecule has 152 valence electrons. The SMILES string of the molecule is Cc1cccc(-n2nc(C(=O)Nc3ccccc3F)cc2-c2ccc3ncsc3c2)n1. The monoisotopic (exact) mass is 429 g/mol. The number of pyridine rings is 1. The van der Waals surface area contributed by atoms with Crippen molar-refractivity contribution in [3.63, 3.8) is 0 Å². The Morgan fingerprint density at radius 1 is 1.06 bits per heavy atom. The molecular formula is C23H16FN5OS. The van der Waals surface area contributed by atoms with Gasteiger partial charge in [0.15, 0.2) is 11.5 Å². The first-order valence-electron chi connectivity index (χ1n) is 9.52. The standard InChI is InChI=1S/C23H16FN5OS/c1-14-5-4-8-22(26-14)29-20(15-9-10-18-21(11-15)31-13-25-18)12-19(28-29)23(30)27-17-7-3-2-6-16(17)24/h2-13H,1H3,(H,27,30). The Balaban J connectivity index is 1.61. The van der Waals surface area contributed by atoms with Crippen LogP contribution >= 0.6 is 11.3 Å². The van der Waals surface area contributed by atoms with Gasteiger partial charge in [-0.1, -0.05) is 24.3 Å². The van der Waals surface area contributed by atoms with Gasteiger partial charge in [0.1, 0.15) is 5.82 Å². The van der Waals surface area contributed by atoms with Crippen molar-refractivity contribution in [2.45, 2.75) is 6.92 Å². The molecule has 0 radical (unpaired) electrons. The number of thiazole rings is 1. The maximum Gasteiger partial charge on any atom is 0.276 e. The topological polar surface area (TPSA) is 72.7 Å². The molecule has 3 aromatic heterocycles. The zero-order valence-electron chi connectivity index (χ0n) is 16.4. The van der Waals surface area contributed by atoms with Gasteiger partial charge in [-0.25, -0.2) is 19.0 Å². The first-order chi connectivity index (χ1) is 15.1. The number of halogens is 1. The van der Waals surface area contributed by atoms with Crippen LogP contribution in [0.2, 0.25) is 0 Å². The van der Waals surface area contributed by atoms with Crippen LogP contribution < -0.4 is 5.32 Å². The number of carbonyl (C=O) groups excluding carboxylic acids is 1. The molecule has 6 nitrogen and oxygen atoms in total. The summed E-state index contributed by atoms with van der Waals surface area (Å²) in [6.07, 6.45) is 0. The average molecular weight is 429 g/mol. The summed E-state index contributed by atoms with van der Waals surface area (Å²) in [7, 11) is 0. The molecule has 0 aliphatic heterocycles. The van der Waals surface area contributed by atoms with E-state index in [1.807, 2.05) is 43.3 Å². The fourth-order valence-corrected chi connectivity index (χ4v) is 4.00. The van der Waals surface area contributed by atoms with Crippen molar-refractivity contribution in [3.05, 3.63) is 89.4 Å². The largest absolute Gasteiger partial charge is 0.318 e. The number of carbonyl (C=O) groups is 1. The lowest BCUT2D eigenvalue weighted by Crippen LogP contribution is -2.14. The number of hydrogen-bond acceptors (Lipinski definition) is 5. The van der Waals surface area contributed by atoms with E-state index in [1.54, 1.807) is 28.4 Å². The molecule has 0 saturated heterocycles. The second-order valence-corrected chi connectivity index (χ2v) is 7.82. The summed E-state index contributed by atoms with van der Waals surface area (Å²) >= 11 is 1.54. The molecule has 0 fully saturated rings. The zero-order chi connectivity index (χ0) is 21.4. The highest BCUT2D eigenvalue weighted by molar-refractivity contribution is 7.16. The third-order valence-electron chi connectivity index (χ3n) is 4.78. The van der Waals surface area contributed by atoms with E-state index >= 15 is 0 Å². The van der Waals surface area contributed by atoms with Crippen LogP contribution in [0.4, 0.5) is 10.1 Å². The fraction of sp³-hybridized carbons (Fsp3) is 0.0435. The molecule has 0 aliphatic carbocycles. The minimum atomic E-state index is -0.508. The van der Waals surface area contributed by atoms with Crippen LogP contribution in [-0.2, 0) is 0 Å². The first kappa shape index (κ1) is 19.1. The van der Waals surface area contributed by atoms with Crippen molar-refractivity contribution in [3.8, 4) is 17.1 Å². The third-order valence-corrected chi connectivity index (χ3v) is 5.57. The van der Waals surface area contributed by atoms with Crippen LogP contribution in [0.5, 0.6) is 0 Å². The number of rotatable bonds is 4. The summed E-state index contributed by atoms with van der Waals surface area (Å²) in [5, 5.41) is 7.09. The molecule has 0 atom stereocenters. The molecule has 3 heterocycles. The second kappa shape index (κ2) is 7.73. The molecule has 0 bridgehead atoms. The maximum atomic E-state index is 14.0. The molecule has 5 rings (SSSR count). The molecule has 5 aromatic rings. The van der Waals surface area contributed by atoms with Gasteiger partial charge in [0, 0.05) is 11.3 Å². The lowest BCUT2D eigenvalue weighted by atomic mass is 10.1. The smallest absolute Gasteiger partial charge is 0.276 e. The van der Waals surface area contributed by atoms with Gasteiger partial charge in [0.25, 0.3) is 5.91 Å². The Bertz CT molecular complexity index is 1420. The quantitative estimate of drug-likeness (QED) is 0.424. The summed E-state index contributed by atoms with van der Waals surface area (Å²) in [4.78, 5) is 21.7. The van der Waals surface area contributed by atoms with Crippen molar-refractivity contribution in [1.29, 1.82) is 0 Å². The number of hydrogen-bond donors (Lipinski definition) is 1. The summed E-state index contributed by atoms with van der Waals surface area (Å²) in [6, 6.07) is 19.2. The third kappa shape index (κ3) is 3.69. The van der Waals surface area contributed by atoms with Crippen LogP contribution in [0.15, 0.2) is 72.2 Å². The number of nitrogens with one attached hydrogen (secondary N) is 1. The Morgan fingerprint density at radius 3 is 2.77 bits per heavy atom. The number of aryl methyl sites for hydroxylation is 1. The normalized spacial score (nSPS) is 11.0. The van der Waals surface area contributed by atoms with Gasteiger partial charge in [-0.2, -0.15) is 5.10 Å². The predicted octanol–water partition coefficient (Wildman–Crippen LogP) is 5.24. The molecule has 0 unspecified atom stereocenters. The molecule has 0 aliphatic rings. The van der Waals surface area contributed by atoms with E-state index in [4.69, 9.17) is 0 Å². The molecule has 1 amide bonds. The number of anilines is 1. The Hall–Kier alpha value is -3.91. The van der Waals surface area contributed by atoms with E-state index in [-0.39, 0.29) is 11.4 Å². The van der Waals surface area contributed by atoms with Crippen LogP contribution in [0.25, 0.3) is 27.3 Å². The second-order valence-electron chi connectivity index (χ2n) is 6.93. The van der Waals surface area contributed by atoms with Crippen molar-refractivity contribution < 1.29 is 9.18 Å². The molecule has 31 heavy (non-hydrogen) atoms. The number of fused-ring (bicyclic) bond motifs is 1. The molecule has 1 N–H and O–H groups in total. The molecule has 0 saturated carbocycles.